The summed E-state index contributed by atoms with van der Waals surface area (Å²) < 4.78 is 43.0. The Morgan fingerprint density at radius 2 is 2.38 bits per heavy atom. The topological polar surface area (TPSA) is 51.2 Å². The molecule has 1 aliphatic heterocycles. The van der Waals surface area contributed by atoms with Crippen LogP contribution in [-0.2, 0) is 15.7 Å². The standard InChI is InChI=1S/C13H17F3N2O2S/c1-2-9(12-18-10(7-21-12)13(14,15)16)17-11(19)6-8-4-3-5-20-8/h7-9H,2-6H2,1H3,(H,17,19)/t8-,9+/m1/s1. The van der Waals surface area contributed by atoms with E-state index in [1.165, 1.54) is 0 Å². The molecule has 1 amide bonds. The number of amides is 1. The van der Waals surface area contributed by atoms with Crippen molar-refractivity contribution < 1.29 is 22.7 Å². The smallest absolute Gasteiger partial charge is 0.378 e. The van der Waals surface area contributed by atoms with Gasteiger partial charge in [0, 0.05) is 12.0 Å². The number of carbonyl (C=O) groups excluding carboxylic acids is 1. The number of alkyl halides is 3. The summed E-state index contributed by atoms with van der Waals surface area (Å²) >= 11 is 0.917. The monoisotopic (exact) mass is 322 g/mol. The molecule has 0 aliphatic carbocycles. The van der Waals surface area contributed by atoms with E-state index in [0.29, 0.717) is 13.0 Å². The fraction of sp³-hybridized carbons (Fsp3) is 0.692. The van der Waals surface area contributed by atoms with E-state index in [1.54, 1.807) is 6.92 Å². The summed E-state index contributed by atoms with van der Waals surface area (Å²) in [5.41, 5.74) is -0.908. The quantitative estimate of drug-likeness (QED) is 0.905. The van der Waals surface area contributed by atoms with Gasteiger partial charge in [-0.05, 0) is 19.3 Å². The Morgan fingerprint density at radius 1 is 1.62 bits per heavy atom. The third-order valence-electron chi connectivity index (χ3n) is 3.29. The number of hydrogen-bond acceptors (Lipinski definition) is 4. The van der Waals surface area contributed by atoms with Gasteiger partial charge in [0.1, 0.15) is 5.01 Å². The Balaban J connectivity index is 1.95. The second kappa shape index (κ2) is 6.74. The van der Waals surface area contributed by atoms with Crippen LogP contribution >= 0.6 is 11.3 Å². The number of thiazole rings is 1. The van der Waals surface area contributed by atoms with Crippen molar-refractivity contribution >= 4 is 17.2 Å². The van der Waals surface area contributed by atoms with Crippen LogP contribution in [0.1, 0.15) is 49.4 Å². The summed E-state index contributed by atoms with van der Waals surface area (Å²) in [6.45, 7) is 2.46. The van der Waals surface area contributed by atoms with Crippen LogP contribution in [-0.4, -0.2) is 23.6 Å². The third-order valence-corrected chi connectivity index (χ3v) is 4.25. The first kappa shape index (κ1) is 16.2. The van der Waals surface area contributed by atoms with Gasteiger partial charge in [-0.25, -0.2) is 4.98 Å². The van der Waals surface area contributed by atoms with Gasteiger partial charge >= 0.3 is 6.18 Å². The highest BCUT2D eigenvalue weighted by Gasteiger charge is 2.34. The van der Waals surface area contributed by atoms with Gasteiger partial charge in [0.15, 0.2) is 5.69 Å². The molecular weight excluding hydrogens is 305 g/mol. The first-order chi connectivity index (χ1) is 9.90. The molecule has 2 atom stereocenters. The van der Waals surface area contributed by atoms with Gasteiger partial charge in [0.05, 0.1) is 18.6 Å². The average molecular weight is 322 g/mol. The predicted octanol–water partition coefficient (Wildman–Crippen LogP) is 3.30. The fourth-order valence-corrected chi connectivity index (χ4v) is 3.14. The van der Waals surface area contributed by atoms with Crippen molar-refractivity contribution in [1.29, 1.82) is 0 Å². The highest BCUT2D eigenvalue weighted by Crippen LogP contribution is 2.32. The summed E-state index contributed by atoms with van der Waals surface area (Å²) in [6, 6.07) is -0.486. The zero-order chi connectivity index (χ0) is 15.5. The SMILES string of the molecule is CC[C@H](NC(=O)C[C@H]1CCCO1)c1nc(C(F)(F)F)cs1. The minimum atomic E-state index is -4.45. The number of nitrogens with one attached hydrogen (secondary N) is 1. The van der Waals surface area contributed by atoms with E-state index in [9.17, 15) is 18.0 Å². The van der Waals surface area contributed by atoms with Gasteiger partial charge < -0.3 is 10.1 Å². The lowest BCUT2D eigenvalue weighted by atomic mass is 10.1. The Hall–Kier alpha value is -1.15. The number of carbonyl (C=O) groups is 1. The Bertz CT molecular complexity index is 484. The number of ether oxygens (including phenoxy) is 1. The van der Waals surface area contributed by atoms with Crippen LogP contribution < -0.4 is 5.32 Å². The van der Waals surface area contributed by atoms with Gasteiger partial charge in [-0.3, -0.25) is 4.79 Å². The summed E-state index contributed by atoms with van der Waals surface area (Å²) in [5, 5.41) is 4.00. The van der Waals surface area contributed by atoms with Crippen molar-refractivity contribution in [3.05, 3.63) is 16.1 Å². The van der Waals surface area contributed by atoms with Crippen molar-refractivity contribution in [3.63, 3.8) is 0 Å². The fourth-order valence-electron chi connectivity index (χ4n) is 2.18. The van der Waals surface area contributed by atoms with Crippen LogP contribution in [0.3, 0.4) is 0 Å². The van der Waals surface area contributed by atoms with Gasteiger partial charge in [0.2, 0.25) is 5.91 Å². The minimum Gasteiger partial charge on any atom is -0.378 e. The summed E-state index contributed by atoms with van der Waals surface area (Å²) in [7, 11) is 0. The molecule has 118 valence electrons. The molecule has 1 saturated heterocycles. The van der Waals surface area contributed by atoms with Crippen LogP contribution in [0.5, 0.6) is 0 Å². The zero-order valence-electron chi connectivity index (χ0n) is 11.6. The largest absolute Gasteiger partial charge is 0.434 e. The second-order valence-electron chi connectivity index (χ2n) is 4.94. The van der Waals surface area contributed by atoms with E-state index in [-0.39, 0.29) is 23.4 Å². The maximum absolute atomic E-state index is 12.5. The molecule has 2 heterocycles. The number of halogens is 3. The molecule has 1 fully saturated rings. The molecule has 0 radical (unpaired) electrons. The number of rotatable bonds is 5. The van der Waals surface area contributed by atoms with Gasteiger partial charge in [-0.2, -0.15) is 13.2 Å². The molecule has 8 heteroatoms. The van der Waals surface area contributed by atoms with Crippen molar-refractivity contribution in [2.75, 3.05) is 6.61 Å². The molecule has 21 heavy (non-hydrogen) atoms. The summed E-state index contributed by atoms with van der Waals surface area (Å²) in [6.07, 6.45) is -2.01. The van der Waals surface area contributed by atoms with Crippen molar-refractivity contribution in [1.82, 2.24) is 10.3 Å². The Labute approximate surface area is 124 Å². The molecule has 1 aliphatic rings. The van der Waals surface area contributed by atoms with Crippen LogP contribution in [0.4, 0.5) is 13.2 Å². The van der Waals surface area contributed by atoms with E-state index >= 15 is 0 Å². The summed E-state index contributed by atoms with van der Waals surface area (Å²) in [4.78, 5) is 15.5. The molecule has 1 aromatic heterocycles. The summed E-state index contributed by atoms with van der Waals surface area (Å²) in [5.74, 6) is -0.211. The normalized spacial score (nSPS) is 20.5. The second-order valence-corrected chi connectivity index (χ2v) is 5.83. The van der Waals surface area contributed by atoms with E-state index in [0.717, 1.165) is 29.6 Å². The molecule has 1 aromatic rings. The minimum absolute atomic E-state index is 0.0791. The zero-order valence-corrected chi connectivity index (χ0v) is 12.4. The molecule has 0 saturated carbocycles. The van der Waals surface area contributed by atoms with Crippen molar-refractivity contribution in [2.24, 2.45) is 0 Å². The highest BCUT2D eigenvalue weighted by atomic mass is 32.1. The Morgan fingerprint density at radius 3 is 2.90 bits per heavy atom. The molecular formula is C13H17F3N2O2S. The number of nitrogens with zero attached hydrogens (tertiary/aromatic N) is 1. The van der Waals surface area contributed by atoms with Crippen LogP contribution in [0.15, 0.2) is 5.38 Å². The van der Waals surface area contributed by atoms with E-state index in [4.69, 9.17) is 4.74 Å². The van der Waals surface area contributed by atoms with Crippen LogP contribution in [0.25, 0.3) is 0 Å². The molecule has 0 spiro atoms. The number of hydrogen-bond donors (Lipinski definition) is 1. The van der Waals surface area contributed by atoms with Crippen molar-refractivity contribution in [3.8, 4) is 0 Å². The van der Waals surface area contributed by atoms with E-state index in [1.807, 2.05) is 0 Å². The maximum atomic E-state index is 12.5. The molecule has 0 aromatic carbocycles. The van der Waals surface area contributed by atoms with Gasteiger partial charge in [0.25, 0.3) is 0 Å². The lowest BCUT2D eigenvalue weighted by molar-refractivity contribution is -0.140. The Kier molecular flexibility index (Phi) is 5.21. The lowest BCUT2D eigenvalue weighted by Gasteiger charge is -2.16. The number of aromatic nitrogens is 1. The van der Waals surface area contributed by atoms with Gasteiger partial charge in [-0.1, -0.05) is 6.92 Å². The molecule has 2 rings (SSSR count). The maximum Gasteiger partial charge on any atom is 0.434 e. The highest BCUT2D eigenvalue weighted by molar-refractivity contribution is 7.09. The molecule has 0 unspecified atom stereocenters. The predicted molar refractivity (Wildman–Crippen MR) is 71.9 cm³/mol. The van der Waals surface area contributed by atoms with E-state index < -0.39 is 17.9 Å². The first-order valence-corrected chi connectivity index (χ1v) is 7.71. The van der Waals surface area contributed by atoms with Gasteiger partial charge in [-0.15, -0.1) is 11.3 Å². The lowest BCUT2D eigenvalue weighted by Crippen LogP contribution is -2.30. The van der Waals surface area contributed by atoms with E-state index in [2.05, 4.69) is 10.3 Å². The molecule has 1 N–H and O–H groups in total. The molecule has 4 nitrogen and oxygen atoms in total. The average Bonchev–Trinajstić information content (AvgIpc) is 3.05. The third kappa shape index (κ3) is 4.41. The molecule has 0 bridgehead atoms. The van der Waals surface area contributed by atoms with Crippen molar-refractivity contribution in [2.45, 2.75) is 50.9 Å². The first-order valence-electron chi connectivity index (χ1n) is 6.83. The van der Waals surface area contributed by atoms with Crippen LogP contribution in [0.2, 0.25) is 0 Å². The van der Waals surface area contributed by atoms with Crippen LogP contribution in [0, 0.1) is 0 Å².